The Labute approximate surface area is 167 Å². The van der Waals surface area contributed by atoms with Crippen LogP contribution in [0.1, 0.15) is 16.1 Å². The lowest BCUT2D eigenvalue weighted by molar-refractivity contribution is 0.102. The third-order valence-corrected chi connectivity index (χ3v) is 4.39. The predicted molar refractivity (Wildman–Crippen MR) is 109 cm³/mol. The van der Waals surface area contributed by atoms with E-state index in [9.17, 15) is 4.79 Å². The van der Waals surface area contributed by atoms with Crippen LogP contribution in [0.15, 0.2) is 48.8 Å². The number of methoxy groups -OCH3 is 2. The minimum absolute atomic E-state index is 0.217. The molecule has 1 amide bonds. The molecule has 0 bridgehead atoms. The summed E-state index contributed by atoms with van der Waals surface area (Å²) in [6.45, 7) is 1.89. The molecule has 0 fully saturated rings. The molecule has 0 atom stereocenters. The molecule has 2 aromatic carbocycles. The van der Waals surface area contributed by atoms with E-state index in [0.717, 1.165) is 11.3 Å². The second-order valence-corrected chi connectivity index (χ2v) is 6.31. The van der Waals surface area contributed by atoms with Gasteiger partial charge in [0.05, 0.1) is 14.2 Å². The highest BCUT2D eigenvalue weighted by Gasteiger charge is 2.11. The molecule has 0 spiro atoms. The summed E-state index contributed by atoms with van der Waals surface area (Å²) in [5.74, 6) is 1.30. The number of benzene rings is 2. The van der Waals surface area contributed by atoms with Gasteiger partial charge in [0.1, 0.15) is 17.8 Å². The molecular formula is C20H19ClN4O3. The van der Waals surface area contributed by atoms with Gasteiger partial charge in [-0.3, -0.25) is 4.79 Å². The number of ether oxygens (including phenoxy) is 2. The quantitative estimate of drug-likeness (QED) is 0.638. The van der Waals surface area contributed by atoms with Gasteiger partial charge in [-0.2, -0.15) is 0 Å². The van der Waals surface area contributed by atoms with E-state index >= 15 is 0 Å². The van der Waals surface area contributed by atoms with E-state index in [0.29, 0.717) is 28.0 Å². The van der Waals surface area contributed by atoms with E-state index in [1.54, 1.807) is 44.6 Å². The van der Waals surface area contributed by atoms with Crippen molar-refractivity contribution in [1.29, 1.82) is 0 Å². The molecule has 0 saturated heterocycles. The van der Waals surface area contributed by atoms with E-state index in [1.807, 2.05) is 19.1 Å². The number of aryl methyl sites for hydroxylation is 1. The molecule has 8 heteroatoms. The second kappa shape index (κ2) is 8.58. The van der Waals surface area contributed by atoms with E-state index in [2.05, 4.69) is 20.6 Å². The van der Waals surface area contributed by atoms with Gasteiger partial charge in [0.2, 0.25) is 0 Å². The molecule has 28 heavy (non-hydrogen) atoms. The van der Waals surface area contributed by atoms with Gasteiger partial charge in [0.15, 0.2) is 11.5 Å². The fourth-order valence-electron chi connectivity index (χ4n) is 2.48. The van der Waals surface area contributed by atoms with Crippen LogP contribution in [-0.2, 0) is 0 Å². The Kier molecular flexibility index (Phi) is 5.96. The number of aromatic nitrogens is 2. The molecule has 2 N–H and O–H groups in total. The minimum Gasteiger partial charge on any atom is -0.493 e. The molecule has 3 rings (SSSR count). The highest BCUT2D eigenvalue weighted by Crippen LogP contribution is 2.30. The SMILES string of the molecule is COc1ccc(Nc2cc(C(=O)Nc3ccc(C)c(Cl)c3)ncn2)cc1OC. The molecule has 144 valence electrons. The van der Waals surface area contributed by atoms with Crippen molar-refractivity contribution in [1.82, 2.24) is 9.97 Å². The van der Waals surface area contributed by atoms with Crippen molar-refractivity contribution in [3.63, 3.8) is 0 Å². The molecule has 0 radical (unpaired) electrons. The standard InChI is InChI=1S/C20H19ClN4O3/c1-12-4-5-13(8-15(12)21)25-20(26)16-10-19(23-11-22-16)24-14-6-7-17(27-2)18(9-14)28-3/h4-11H,1-3H3,(H,25,26)(H,22,23,24). The number of carbonyl (C=O) groups is 1. The van der Waals surface area contributed by atoms with Crippen molar-refractivity contribution in [3.05, 3.63) is 65.1 Å². The number of anilines is 3. The Bertz CT molecular complexity index is 1010. The summed E-state index contributed by atoms with van der Waals surface area (Å²) in [6.07, 6.45) is 1.32. The first-order valence-corrected chi connectivity index (χ1v) is 8.76. The number of carbonyl (C=O) groups excluding carboxylic acids is 1. The van der Waals surface area contributed by atoms with Gasteiger partial charge in [-0.05, 0) is 36.8 Å². The molecule has 7 nitrogen and oxygen atoms in total. The first kappa shape index (κ1) is 19.4. The third kappa shape index (κ3) is 4.50. The van der Waals surface area contributed by atoms with Crippen LogP contribution in [0.2, 0.25) is 5.02 Å². The van der Waals surface area contributed by atoms with E-state index < -0.39 is 0 Å². The maximum absolute atomic E-state index is 12.5. The summed E-state index contributed by atoms with van der Waals surface area (Å²) in [5, 5.41) is 6.47. The molecule has 1 heterocycles. The predicted octanol–water partition coefficient (Wildman–Crippen LogP) is 4.45. The van der Waals surface area contributed by atoms with Crippen molar-refractivity contribution in [2.75, 3.05) is 24.9 Å². The summed E-state index contributed by atoms with van der Waals surface area (Å²) in [4.78, 5) is 20.7. The Morgan fingerprint density at radius 1 is 0.964 bits per heavy atom. The molecule has 0 aliphatic heterocycles. The van der Waals surface area contributed by atoms with E-state index in [1.165, 1.54) is 6.33 Å². The summed E-state index contributed by atoms with van der Waals surface area (Å²) in [7, 11) is 3.13. The highest BCUT2D eigenvalue weighted by molar-refractivity contribution is 6.31. The largest absolute Gasteiger partial charge is 0.493 e. The zero-order chi connectivity index (χ0) is 20.1. The minimum atomic E-state index is -0.363. The molecule has 3 aromatic rings. The van der Waals surface area contributed by atoms with Crippen molar-refractivity contribution in [2.24, 2.45) is 0 Å². The van der Waals surface area contributed by atoms with Crippen LogP contribution in [-0.4, -0.2) is 30.1 Å². The third-order valence-electron chi connectivity index (χ3n) is 3.99. The van der Waals surface area contributed by atoms with Gasteiger partial charge in [-0.1, -0.05) is 17.7 Å². The van der Waals surface area contributed by atoms with Gasteiger partial charge in [-0.15, -0.1) is 0 Å². The molecule has 1 aromatic heterocycles. The monoisotopic (exact) mass is 398 g/mol. The second-order valence-electron chi connectivity index (χ2n) is 5.90. The van der Waals surface area contributed by atoms with E-state index in [-0.39, 0.29) is 11.6 Å². The van der Waals surface area contributed by atoms with Crippen molar-refractivity contribution in [2.45, 2.75) is 6.92 Å². The fourth-order valence-corrected chi connectivity index (χ4v) is 2.66. The smallest absolute Gasteiger partial charge is 0.274 e. The van der Waals surface area contributed by atoms with Gasteiger partial charge in [0.25, 0.3) is 5.91 Å². The zero-order valence-corrected chi connectivity index (χ0v) is 16.4. The molecule has 0 unspecified atom stereocenters. The Hall–Kier alpha value is -3.32. The van der Waals surface area contributed by atoms with E-state index in [4.69, 9.17) is 21.1 Å². The maximum Gasteiger partial charge on any atom is 0.274 e. The van der Waals surface area contributed by atoms with Gasteiger partial charge in [-0.25, -0.2) is 9.97 Å². The summed E-state index contributed by atoms with van der Waals surface area (Å²) >= 11 is 6.10. The Morgan fingerprint density at radius 2 is 1.71 bits per heavy atom. The van der Waals surface area contributed by atoms with Crippen LogP contribution in [0, 0.1) is 6.92 Å². The van der Waals surface area contributed by atoms with Crippen LogP contribution in [0.3, 0.4) is 0 Å². The lowest BCUT2D eigenvalue weighted by atomic mass is 10.2. The average molecular weight is 399 g/mol. The van der Waals surface area contributed by atoms with Crippen LogP contribution in [0.4, 0.5) is 17.2 Å². The zero-order valence-electron chi connectivity index (χ0n) is 15.6. The average Bonchev–Trinajstić information content (AvgIpc) is 2.71. The summed E-state index contributed by atoms with van der Waals surface area (Å²) < 4.78 is 10.5. The molecule has 0 aliphatic carbocycles. The van der Waals surface area contributed by atoms with Gasteiger partial charge in [0, 0.05) is 28.5 Å². The number of amides is 1. The summed E-state index contributed by atoms with van der Waals surface area (Å²) in [6, 6.07) is 12.2. The number of halogens is 1. The first-order chi connectivity index (χ1) is 13.5. The number of hydrogen-bond acceptors (Lipinski definition) is 6. The van der Waals surface area contributed by atoms with Crippen LogP contribution in [0.5, 0.6) is 11.5 Å². The fraction of sp³-hybridized carbons (Fsp3) is 0.150. The van der Waals surface area contributed by atoms with Crippen molar-refractivity contribution >= 4 is 34.7 Å². The lowest BCUT2D eigenvalue weighted by Gasteiger charge is -2.11. The Balaban J connectivity index is 1.76. The van der Waals surface area contributed by atoms with Crippen LogP contribution in [0.25, 0.3) is 0 Å². The number of nitrogens with zero attached hydrogens (tertiary/aromatic N) is 2. The molecule has 0 saturated carbocycles. The van der Waals surface area contributed by atoms with Crippen molar-refractivity contribution in [3.8, 4) is 11.5 Å². The van der Waals surface area contributed by atoms with Crippen LogP contribution >= 0.6 is 11.6 Å². The number of hydrogen-bond donors (Lipinski definition) is 2. The maximum atomic E-state index is 12.5. The topological polar surface area (TPSA) is 85.4 Å². The summed E-state index contributed by atoms with van der Waals surface area (Å²) in [5.41, 5.74) is 2.47. The Morgan fingerprint density at radius 3 is 2.43 bits per heavy atom. The molecular weight excluding hydrogens is 380 g/mol. The number of nitrogens with one attached hydrogen (secondary N) is 2. The highest BCUT2D eigenvalue weighted by atomic mass is 35.5. The van der Waals surface area contributed by atoms with Gasteiger partial charge < -0.3 is 20.1 Å². The van der Waals surface area contributed by atoms with Gasteiger partial charge >= 0.3 is 0 Å². The van der Waals surface area contributed by atoms with Crippen LogP contribution < -0.4 is 20.1 Å². The molecule has 0 aliphatic rings. The number of rotatable bonds is 6. The van der Waals surface area contributed by atoms with Crippen molar-refractivity contribution < 1.29 is 14.3 Å². The lowest BCUT2D eigenvalue weighted by Crippen LogP contribution is -2.14. The normalized spacial score (nSPS) is 10.3. The first-order valence-electron chi connectivity index (χ1n) is 8.38.